The Balaban J connectivity index is 1.41. The summed E-state index contributed by atoms with van der Waals surface area (Å²) < 4.78 is 23.4. The topological polar surface area (TPSA) is 71.1 Å². The Kier molecular flexibility index (Phi) is 7.54. The number of esters is 2. The molecule has 0 bridgehead atoms. The van der Waals surface area contributed by atoms with Crippen LogP contribution in [0, 0.1) is 23.2 Å². The molecule has 198 valence electrons. The van der Waals surface area contributed by atoms with E-state index in [0.29, 0.717) is 49.2 Å². The third-order valence-corrected chi connectivity index (χ3v) is 10.4. The van der Waals surface area contributed by atoms with Gasteiger partial charge in [0.05, 0.1) is 24.6 Å². The minimum Gasteiger partial charge on any atom is -0.466 e. The first kappa shape index (κ1) is 26.2. The third-order valence-electron chi connectivity index (χ3n) is 9.43. The van der Waals surface area contributed by atoms with Crippen LogP contribution < -0.4 is 4.74 Å². The molecule has 1 aromatic rings. The highest BCUT2D eigenvalue weighted by Crippen LogP contribution is 2.68. The van der Waals surface area contributed by atoms with E-state index in [2.05, 4.69) is 35.0 Å². The molecule has 0 aromatic heterocycles. The summed E-state index contributed by atoms with van der Waals surface area (Å²) in [5.74, 6) is 1.78. The Morgan fingerprint density at radius 1 is 1.11 bits per heavy atom. The predicted molar refractivity (Wildman–Crippen MR) is 139 cm³/mol. The lowest BCUT2D eigenvalue weighted by Gasteiger charge is -2.55. The predicted octanol–water partition coefficient (Wildman–Crippen LogP) is 5.93. The third kappa shape index (κ3) is 4.54. The normalized spacial score (nSPS) is 34.1. The number of halogens is 1. The van der Waals surface area contributed by atoms with E-state index in [1.54, 1.807) is 0 Å². The Bertz CT molecular complexity index is 988. The number of hydrogen-bond acceptors (Lipinski definition) is 6. The van der Waals surface area contributed by atoms with Crippen LogP contribution in [0.2, 0.25) is 0 Å². The monoisotopic (exact) mass is 562 g/mol. The molecule has 1 saturated heterocycles. The molecule has 36 heavy (non-hydrogen) atoms. The zero-order valence-corrected chi connectivity index (χ0v) is 23.3. The largest absolute Gasteiger partial charge is 0.466 e. The smallest absolute Gasteiger partial charge is 0.308 e. The van der Waals surface area contributed by atoms with Gasteiger partial charge in [-0.3, -0.25) is 9.59 Å². The molecule has 6 atom stereocenters. The Morgan fingerprint density at radius 3 is 2.61 bits per heavy atom. The number of rotatable bonds is 7. The molecule has 1 spiro atoms. The molecule has 1 unspecified atom stereocenters. The van der Waals surface area contributed by atoms with Crippen LogP contribution in [-0.4, -0.2) is 42.4 Å². The number of hydrogen-bond donors (Lipinski definition) is 0. The molecular formula is C29H39BrO6. The molecule has 7 heteroatoms. The van der Waals surface area contributed by atoms with Crippen LogP contribution >= 0.6 is 15.9 Å². The van der Waals surface area contributed by atoms with Crippen LogP contribution in [-0.2, 0) is 30.2 Å². The lowest BCUT2D eigenvalue weighted by Crippen LogP contribution is -2.55. The molecule has 0 N–H and O–H groups in total. The Labute approximate surface area is 222 Å². The molecule has 3 fully saturated rings. The van der Waals surface area contributed by atoms with Crippen molar-refractivity contribution in [3.8, 4) is 5.75 Å². The van der Waals surface area contributed by atoms with Crippen LogP contribution in [0.1, 0.15) is 82.8 Å². The molecule has 1 aromatic carbocycles. The van der Waals surface area contributed by atoms with Gasteiger partial charge in [-0.05, 0) is 85.5 Å². The van der Waals surface area contributed by atoms with Gasteiger partial charge in [0, 0.05) is 19.3 Å². The standard InChI is InChI=1S/C29H39BrO6/c1-18(31)33-12-6-4-5-7-20-15-21-16-22(36-19(2)32)8-9-23(21)24-10-11-28(3)25(27(20)24)17-26(30)29(28)34-13-14-35-29/h8-9,16,20,24-27H,4-7,10-15,17H2,1-3H3/t20?,24-,25+,26-,27-,28+/m1/s1. The quantitative estimate of drug-likeness (QED) is 0.177. The van der Waals surface area contributed by atoms with E-state index in [1.807, 2.05) is 6.07 Å². The number of ether oxygens (including phenoxy) is 4. The molecule has 1 aliphatic heterocycles. The van der Waals surface area contributed by atoms with Crippen molar-refractivity contribution >= 4 is 27.9 Å². The maximum Gasteiger partial charge on any atom is 0.308 e. The molecular weight excluding hydrogens is 524 g/mol. The van der Waals surface area contributed by atoms with Crippen molar-refractivity contribution in [2.75, 3.05) is 19.8 Å². The fourth-order valence-electron chi connectivity index (χ4n) is 8.05. The van der Waals surface area contributed by atoms with Crippen LogP contribution in [0.25, 0.3) is 0 Å². The molecule has 5 rings (SSSR count). The van der Waals surface area contributed by atoms with Gasteiger partial charge in [0.25, 0.3) is 0 Å². The molecule has 3 aliphatic carbocycles. The average Bonchev–Trinajstić information content (AvgIpc) is 3.41. The van der Waals surface area contributed by atoms with Crippen molar-refractivity contribution in [1.29, 1.82) is 0 Å². The summed E-state index contributed by atoms with van der Waals surface area (Å²) in [5.41, 5.74) is 2.76. The first-order valence-corrected chi connectivity index (χ1v) is 14.5. The molecule has 2 saturated carbocycles. The fraction of sp³-hybridized carbons (Fsp3) is 0.724. The van der Waals surface area contributed by atoms with Gasteiger partial charge in [-0.15, -0.1) is 0 Å². The number of carbonyl (C=O) groups excluding carboxylic acids is 2. The van der Waals surface area contributed by atoms with Gasteiger partial charge in [-0.25, -0.2) is 0 Å². The highest BCUT2D eigenvalue weighted by atomic mass is 79.9. The second-order valence-electron chi connectivity index (χ2n) is 11.4. The summed E-state index contributed by atoms with van der Waals surface area (Å²) in [6, 6.07) is 6.27. The Hall–Kier alpha value is -1.44. The van der Waals surface area contributed by atoms with Crippen molar-refractivity contribution in [2.24, 2.45) is 23.2 Å². The van der Waals surface area contributed by atoms with Crippen molar-refractivity contribution < 1.29 is 28.5 Å². The second kappa shape index (κ2) is 10.4. The Morgan fingerprint density at radius 2 is 1.89 bits per heavy atom. The van der Waals surface area contributed by atoms with E-state index in [9.17, 15) is 9.59 Å². The van der Waals surface area contributed by atoms with Crippen molar-refractivity contribution in [3.05, 3.63) is 29.3 Å². The van der Waals surface area contributed by atoms with Gasteiger partial charge >= 0.3 is 11.9 Å². The van der Waals surface area contributed by atoms with E-state index in [-0.39, 0.29) is 22.2 Å². The van der Waals surface area contributed by atoms with Crippen LogP contribution in [0.4, 0.5) is 0 Å². The first-order valence-electron chi connectivity index (χ1n) is 13.6. The van der Waals surface area contributed by atoms with Crippen LogP contribution in [0.15, 0.2) is 18.2 Å². The number of carbonyl (C=O) groups is 2. The summed E-state index contributed by atoms with van der Waals surface area (Å²) in [7, 11) is 0. The van der Waals surface area contributed by atoms with Gasteiger partial charge in [-0.1, -0.05) is 41.8 Å². The second-order valence-corrected chi connectivity index (χ2v) is 12.5. The van der Waals surface area contributed by atoms with Gasteiger partial charge < -0.3 is 18.9 Å². The van der Waals surface area contributed by atoms with Crippen LogP contribution in [0.5, 0.6) is 5.75 Å². The molecule has 4 aliphatic rings. The number of fused-ring (bicyclic) bond motifs is 6. The van der Waals surface area contributed by atoms with E-state index >= 15 is 0 Å². The maximum atomic E-state index is 11.6. The fourth-order valence-corrected chi connectivity index (χ4v) is 9.24. The first-order chi connectivity index (χ1) is 17.2. The molecule has 1 heterocycles. The zero-order chi connectivity index (χ0) is 25.5. The molecule has 0 radical (unpaired) electrons. The average molecular weight is 564 g/mol. The van der Waals surface area contributed by atoms with Gasteiger partial charge in [-0.2, -0.15) is 0 Å². The summed E-state index contributed by atoms with van der Waals surface area (Å²) >= 11 is 4.00. The lowest BCUT2D eigenvalue weighted by atomic mass is 9.51. The SMILES string of the molecule is CC(=O)OCCCCCC1Cc2cc(OC(C)=O)ccc2[C@H]2CC[C@@]3(C)[C@@H](C[C@@H](Br)C34OCCO4)[C@H]12. The number of benzene rings is 1. The van der Waals surface area contributed by atoms with E-state index in [4.69, 9.17) is 18.9 Å². The minimum absolute atomic E-state index is 0.0123. The number of alkyl halides is 1. The van der Waals surface area contributed by atoms with Crippen molar-refractivity contribution in [1.82, 2.24) is 0 Å². The summed E-state index contributed by atoms with van der Waals surface area (Å²) in [5, 5.41) is 0. The molecule has 0 amide bonds. The van der Waals surface area contributed by atoms with Crippen molar-refractivity contribution in [2.45, 2.75) is 88.7 Å². The summed E-state index contributed by atoms with van der Waals surface area (Å²) in [6.45, 7) is 7.18. The van der Waals surface area contributed by atoms with Crippen LogP contribution in [0.3, 0.4) is 0 Å². The summed E-state index contributed by atoms with van der Waals surface area (Å²) in [4.78, 5) is 22.9. The number of unbranched alkanes of at least 4 members (excludes halogenated alkanes) is 2. The van der Waals surface area contributed by atoms with Gasteiger partial charge in [0.1, 0.15) is 5.75 Å². The van der Waals surface area contributed by atoms with Crippen molar-refractivity contribution in [3.63, 3.8) is 0 Å². The lowest BCUT2D eigenvalue weighted by molar-refractivity contribution is -0.235. The maximum absolute atomic E-state index is 11.6. The van der Waals surface area contributed by atoms with E-state index < -0.39 is 5.79 Å². The molecule has 6 nitrogen and oxygen atoms in total. The van der Waals surface area contributed by atoms with E-state index in [0.717, 1.165) is 51.4 Å². The van der Waals surface area contributed by atoms with Gasteiger partial charge in [0.15, 0.2) is 5.79 Å². The zero-order valence-electron chi connectivity index (χ0n) is 21.7. The minimum atomic E-state index is -0.517. The van der Waals surface area contributed by atoms with Gasteiger partial charge in [0.2, 0.25) is 0 Å². The highest BCUT2D eigenvalue weighted by Gasteiger charge is 2.69. The van der Waals surface area contributed by atoms with E-state index in [1.165, 1.54) is 25.0 Å². The summed E-state index contributed by atoms with van der Waals surface area (Å²) in [6.07, 6.45) is 8.50. The highest BCUT2D eigenvalue weighted by molar-refractivity contribution is 9.09.